The molecule has 0 unspecified atom stereocenters. The lowest BCUT2D eigenvalue weighted by molar-refractivity contribution is -0.288. The molecule has 0 aliphatic carbocycles. The van der Waals surface area contributed by atoms with E-state index >= 15 is 0 Å². The van der Waals surface area contributed by atoms with Crippen LogP contribution in [0.15, 0.2) is 78.9 Å². The van der Waals surface area contributed by atoms with Crippen LogP contribution in [0.4, 0.5) is 26.3 Å². The molecular formula is C22H14F6O2. The van der Waals surface area contributed by atoms with Gasteiger partial charge in [-0.2, -0.15) is 26.3 Å². The number of phenols is 1. The first-order valence-electron chi connectivity index (χ1n) is 8.62. The lowest BCUT2D eigenvalue weighted by Gasteiger charge is -2.38. The van der Waals surface area contributed by atoms with Gasteiger partial charge in [-0.05, 0) is 23.3 Å². The van der Waals surface area contributed by atoms with Crippen LogP contribution in [-0.4, -0.2) is 23.2 Å². The Morgan fingerprint density at radius 2 is 1.00 bits per heavy atom. The summed E-state index contributed by atoms with van der Waals surface area (Å²) in [5.74, 6) is -1.00. The topological polar surface area (TPSA) is 37.3 Å². The van der Waals surface area contributed by atoms with Gasteiger partial charge in [-0.3, -0.25) is 4.79 Å². The van der Waals surface area contributed by atoms with Crippen molar-refractivity contribution in [2.45, 2.75) is 17.8 Å². The first-order valence-corrected chi connectivity index (χ1v) is 8.62. The SMILES string of the molecule is O=C(c1ccccc1)c1ccc(C(c2ccc(O)cc2)(C(F)(F)F)C(F)(F)F)cc1. The highest BCUT2D eigenvalue weighted by Crippen LogP contribution is 2.56. The second kappa shape index (κ2) is 7.51. The average molecular weight is 424 g/mol. The van der Waals surface area contributed by atoms with Crippen molar-refractivity contribution in [3.63, 3.8) is 0 Å². The van der Waals surface area contributed by atoms with Crippen LogP contribution >= 0.6 is 0 Å². The van der Waals surface area contributed by atoms with Gasteiger partial charge in [0.05, 0.1) is 0 Å². The van der Waals surface area contributed by atoms with E-state index in [4.69, 9.17) is 0 Å². The third kappa shape index (κ3) is 3.53. The van der Waals surface area contributed by atoms with E-state index in [1.54, 1.807) is 18.2 Å². The third-order valence-corrected chi connectivity index (χ3v) is 4.77. The fourth-order valence-corrected chi connectivity index (χ4v) is 3.32. The number of rotatable bonds is 4. The quantitative estimate of drug-likeness (QED) is 0.410. The molecule has 1 N–H and O–H groups in total. The number of ketones is 1. The van der Waals surface area contributed by atoms with Crippen molar-refractivity contribution in [3.8, 4) is 5.75 Å². The van der Waals surface area contributed by atoms with Crippen LogP contribution in [0.3, 0.4) is 0 Å². The van der Waals surface area contributed by atoms with Crippen molar-refractivity contribution in [1.82, 2.24) is 0 Å². The Morgan fingerprint density at radius 3 is 1.43 bits per heavy atom. The lowest BCUT2D eigenvalue weighted by atomic mass is 9.72. The molecule has 0 heterocycles. The number of benzene rings is 3. The zero-order valence-electron chi connectivity index (χ0n) is 15.1. The molecule has 0 radical (unpaired) electrons. The van der Waals surface area contributed by atoms with Crippen molar-refractivity contribution >= 4 is 5.78 Å². The van der Waals surface area contributed by atoms with Gasteiger partial charge in [-0.25, -0.2) is 0 Å². The fraction of sp³-hybridized carbons (Fsp3) is 0.136. The van der Waals surface area contributed by atoms with Crippen LogP contribution in [0.2, 0.25) is 0 Å². The Hall–Kier alpha value is -3.29. The van der Waals surface area contributed by atoms with Crippen molar-refractivity contribution in [1.29, 1.82) is 0 Å². The van der Waals surface area contributed by atoms with E-state index in [9.17, 15) is 36.2 Å². The van der Waals surface area contributed by atoms with Gasteiger partial charge in [0.15, 0.2) is 5.78 Å². The average Bonchev–Trinajstić information content (AvgIpc) is 2.68. The van der Waals surface area contributed by atoms with Crippen LogP contribution in [0.5, 0.6) is 5.75 Å². The molecule has 0 aromatic heterocycles. The van der Waals surface area contributed by atoms with Gasteiger partial charge in [-0.1, -0.05) is 66.7 Å². The van der Waals surface area contributed by atoms with Gasteiger partial charge in [0.1, 0.15) is 5.75 Å². The highest BCUT2D eigenvalue weighted by Gasteiger charge is 2.72. The molecule has 8 heteroatoms. The van der Waals surface area contributed by atoms with E-state index in [0.717, 1.165) is 24.3 Å². The number of aromatic hydroxyl groups is 1. The van der Waals surface area contributed by atoms with E-state index in [0.29, 0.717) is 24.3 Å². The largest absolute Gasteiger partial charge is 0.508 e. The summed E-state index contributed by atoms with van der Waals surface area (Å²) in [6.45, 7) is 0. The molecule has 30 heavy (non-hydrogen) atoms. The van der Waals surface area contributed by atoms with E-state index in [-0.39, 0.29) is 11.1 Å². The van der Waals surface area contributed by atoms with Crippen molar-refractivity contribution in [2.75, 3.05) is 0 Å². The Morgan fingerprint density at radius 1 is 0.600 bits per heavy atom. The summed E-state index contributed by atoms with van der Waals surface area (Å²) in [7, 11) is 0. The molecule has 0 aliphatic rings. The summed E-state index contributed by atoms with van der Waals surface area (Å²) in [6, 6.07) is 13.7. The first-order chi connectivity index (χ1) is 14.0. The summed E-state index contributed by atoms with van der Waals surface area (Å²) in [6.07, 6.45) is -11.5. The van der Waals surface area contributed by atoms with Gasteiger partial charge in [0.25, 0.3) is 0 Å². The van der Waals surface area contributed by atoms with Crippen LogP contribution in [-0.2, 0) is 5.41 Å². The smallest absolute Gasteiger partial charge is 0.411 e. The number of carbonyl (C=O) groups is 1. The molecule has 0 amide bonds. The summed E-state index contributed by atoms with van der Waals surface area (Å²) in [4.78, 5) is 12.4. The normalized spacial score (nSPS) is 12.6. The Labute approximate surface area is 167 Å². The minimum absolute atomic E-state index is 0.0473. The minimum atomic E-state index is -5.74. The number of halogens is 6. The molecule has 2 nitrogen and oxygen atoms in total. The summed E-state index contributed by atoms with van der Waals surface area (Å²) in [5.41, 5.74) is -6.31. The van der Waals surface area contributed by atoms with Gasteiger partial charge >= 0.3 is 12.4 Å². The van der Waals surface area contributed by atoms with E-state index in [2.05, 4.69) is 0 Å². The van der Waals surface area contributed by atoms with Gasteiger partial charge < -0.3 is 5.11 Å². The number of alkyl halides is 6. The molecule has 3 aromatic rings. The number of hydrogen-bond donors (Lipinski definition) is 1. The highest BCUT2D eigenvalue weighted by molar-refractivity contribution is 6.08. The molecular weight excluding hydrogens is 410 g/mol. The van der Waals surface area contributed by atoms with Gasteiger partial charge in [0.2, 0.25) is 5.41 Å². The second-order valence-corrected chi connectivity index (χ2v) is 6.56. The van der Waals surface area contributed by atoms with Crippen LogP contribution < -0.4 is 0 Å². The van der Waals surface area contributed by atoms with Crippen LogP contribution in [0, 0.1) is 0 Å². The number of carbonyl (C=O) groups excluding carboxylic acids is 1. The maximum Gasteiger partial charge on any atom is 0.411 e. The highest BCUT2D eigenvalue weighted by atomic mass is 19.4. The standard InChI is InChI=1S/C22H14F6O2/c23-21(24,25)20(22(26,27)28,17-10-12-18(29)13-11-17)16-8-6-15(7-9-16)19(30)14-4-2-1-3-5-14/h1-13,29H. The first kappa shape index (κ1) is 21.4. The number of phenolic OH excluding ortho intramolecular Hbond substituents is 1. The molecule has 0 bridgehead atoms. The zero-order valence-corrected chi connectivity index (χ0v) is 15.1. The van der Waals surface area contributed by atoms with E-state index in [1.165, 1.54) is 12.1 Å². The Balaban J connectivity index is 2.17. The van der Waals surface area contributed by atoms with Crippen LogP contribution in [0.25, 0.3) is 0 Å². The molecule has 0 aliphatic heterocycles. The predicted octanol–water partition coefficient (Wildman–Crippen LogP) is 6.03. The molecule has 0 spiro atoms. The second-order valence-electron chi connectivity index (χ2n) is 6.56. The zero-order chi connectivity index (χ0) is 22.2. The third-order valence-electron chi connectivity index (χ3n) is 4.77. The number of hydrogen-bond acceptors (Lipinski definition) is 2. The molecule has 0 saturated heterocycles. The summed E-state index contributed by atoms with van der Waals surface area (Å²) in [5, 5.41) is 9.30. The fourth-order valence-electron chi connectivity index (χ4n) is 3.32. The van der Waals surface area contributed by atoms with E-state index in [1.807, 2.05) is 0 Å². The van der Waals surface area contributed by atoms with Crippen molar-refractivity contribution in [3.05, 3.63) is 101 Å². The van der Waals surface area contributed by atoms with Crippen molar-refractivity contribution in [2.24, 2.45) is 0 Å². The predicted molar refractivity (Wildman–Crippen MR) is 97.3 cm³/mol. The molecule has 0 atom stereocenters. The molecule has 3 rings (SSSR count). The maximum absolute atomic E-state index is 14.0. The monoisotopic (exact) mass is 424 g/mol. The maximum atomic E-state index is 14.0. The minimum Gasteiger partial charge on any atom is -0.508 e. The molecule has 0 saturated carbocycles. The molecule has 0 fully saturated rings. The summed E-state index contributed by atoms with van der Waals surface area (Å²) < 4.78 is 84.1. The molecule has 3 aromatic carbocycles. The Kier molecular flexibility index (Phi) is 5.36. The van der Waals surface area contributed by atoms with Gasteiger partial charge in [-0.15, -0.1) is 0 Å². The Bertz CT molecular complexity index is 1010. The summed E-state index contributed by atoms with van der Waals surface area (Å²) >= 11 is 0. The molecule has 156 valence electrons. The van der Waals surface area contributed by atoms with Crippen molar-refractivity contribution < 1.29 is 36.2 Å². The van der Waals surface area contributed by atoms with Crippen LogP contribution in [0.1, 0.15) is 27.0 Å². The van der Waals surface area contributed by atoms with Gasteiger partial charge in [0, 0.05) is 11.1 Å². The lowest BCUT2D eigenvalue weighted by Crippen LogP contribution is -2.54. The van der Waals surface area contributed by atoms with E-state index < -0.39 is 40.4 Å².